The van der Waals surface area contributed by atoms with E-state index in [1.54, 1.807) is 0 Å². The molecule has 0 amide bonds. The molecule has 1 unspecified atom stereocenters. The molecule has 2 aliphatic heterocycles. The Labute approximate surface area is 237 Å². The van der Waals surface area contributed by atoms with E-state index in [-0.39, 0.29) is 0 Å². The maximum absolute atomic E-state index is 6.62. The fourth-order valence-electron chi connectivity index (χ4n) is 4.70. The number of fused-ring (bicyclic) bond motifs is 1. The molecule has 0 N–H and O–H groups in total. The van der Waals surface area contributed by atoms with Crippen LogP contribution < -0.4 is 0 Å². The Morgan fingerprint density at radius 2 is 1.25 bits per heavy atom. The van der Waals surface area contributed by atoms with Gasteiger partial charge in [0.05, 0.1) is 33.0 Å². The summed E-state index contributed by atoms with van der Waals surface area (Å²) < 4.78 is 50.1. The zero-order chi connectivity index (χ0) is 27.6. The van der Waals surface area contributed by atoms with Crippen molar-refractivity contribution in [1.82, 2.24) is 0 Å². The van der Waals surface area contributed by atoms with E-state index < -0.39 is 45.6 Å². The predicted molar refractivity (Wildman–Crippen MR) is 150 cm³/mol. The molecule has 6 atom stereocenters. The molecule has 0 spiro atoms. The highest BCUT2D eigenvalue weighted by atomic mass is 31.2. The number of ether oxygens (including phenoxy) is 5. The lowest BCUT2D eigenvalue weighted by Gasteiger charge is -2.49. The first kappa shape index (κ1) is 29.3. The summed E-state index contributed by atoms with van der Waals surface area (Å²) in [6, 6.07) is 29.9. The average molecular weight is 569 g/mol. The summed E-state index contributed by atoms with van der Waals surface area (Å²) in [6.07, 6.45) is -3.44. The maximum Gasteiger partial charge on any atom is 0.335 e. The Bertz CT molecular complexity index is 1120. The summed E-state index contributed by atoms with van der Waals surface area (Å²) in [5.41, 5.74) is 3.00. The highest BCUT2D eigenvalue weighted by molar-refractivity contribution is 7.41. The molecule has 9 heteroatoms. The quantitative estimate of drug-likeness (QED) is 0.222. The summed E-state index contributed by atoms with van der Waals surface area (Å²) in [4.78, 5) is 0. The van der Waals surface area contributed by atoms with Crippen molar-refractivity contribution in [2.24, 2.45) is 0 Å². The average Bonchev–Trinajstić information content (AvgIpc) is 3.00. The molecule has 0 bridgehead atoms. The lowest BCUT2D eigenvalue weighted by molar-refractivity contribution is -0.362. The van der Waals surface area contributed by atoms with Crippen molar-refractivity contribution in [3.05, 3.63) is 108 Å². The molecule has 0 aliphatic carbocycles. The molecule has 0 saturated carbocycles. The topological polar surface area (TPSA) is 73.8 Å². The molecular formula is C31H37O8P. The van der Waals surface area contributed by atoms with E-state index in [0.29, 0.717) is 33.0 Å². The Morgan fingerprint density at radius 1 is 0.700 bits per heavy atom. The van der Waals surface area contributed by atoms with Crippen molar-refractivity contribution >= 4 is 8.60 Å². The van der Waals surface area contributed by atoms with Gasteiger partial charge in [-0.1, -0.05) is 91.0 Å². The third-order valence-corrected chi connectivity index (χ3v) is 7.90. The molecule has 0 radical (unpaired) electrons. The summed E-state index contributed by atoms with van der Waals surface area (Å²) in [5, 5.41) is 0. The summed E-state index contributed by atoms with van der Waals surface area (Å²) >= 11 is 0. The van der Waals surface area contributed by atoms with Gasteiger partial charge in [0.2, 0.25) is 0 Å². The van der Waals surface area contributed by atoms with Crippen molar-refractivity contribution in [2.45, 2.75) is 64.1 Å². The zero-order valence-electron chi connectivity index (χ0n) is 22.9. The van der Waals surface area contributed by atoms with Crippen molar-refractivity contribution < 1.29 is 37.3 Å². The first-order chi connectivity index (χ1) is 19.7. The van der Waals surface area contributed by atoms with Gasteiger partial charge in [-0.25, -0.2) is 0 Å². The molecule has 214 valence electrons. The monoisotopic (exact) mass is 568 g/mol. The summed E-state index contributed by atoms with van der Waals surface area (Å²) in [7, 11) is -1.66. The van der Waals surface area contributed by atoms with Gasteiger partial charge in [0.15, 0.2) is 12.6 Å². The molecule has 2 heterocycles. The van der Waals surface area contributed by atoms with Gasteiger partial charge in [0.1, 0.15) is 24.4 Å². The first-order valence-electron chi connectivity index (χ1n) is 13.8. The normalized spacial score (nSPS) is 26.5. The fraction of sp³-hybridized carbons (Fsp3) is 0.419. The number of hydrogen-bond acceptors (Lipinski definition) is 8. The third-order valence-electron chi connectivity index (χ3n) is 6.59. The second kappa shape index (κ2) is 15.1. The number of benzene rings is 3. The first-order valence-corrected chi connectivity index (χ1v) is 14.9. The summed E-state index contributed by atoms with van der Waals surface area (Å²) in [6.45, 7) is 5.71. The Balaban J connectivity index is 1.43. The van der Waals surface area contributed by atoms with Crippen LogP contribution >= 0.6 is 8.60 Å². The number of rotatable bonds is 13. The molecular weight excluding hydrogens is 531 g/mol. The van der Waals surface area contributed by atoms with Crippen LogP contribution in [0.2, 0.25) is 0 Å². The Kier molecular flexibility index (Phi) is 11.1. The zero-order valence-corrected chi connectivity index (χ0v) is 23.8. The van der Waals surface area contributed by atoms with Crippen LogP contribution in [0.5, 0.6) is 0 Å². The van der Waals surface area contributed by atoms with Crippen LogP contribution in [0.25, 0.3) is 0 Å². The van der Waals surface area contributed by atoms with E-state index >= 15 is 0 Å². The van der Waals surface area contributed by atoms with Crippen molar-refractivity contribution in [1.29, 1.82) is 0 Å². The molecule has 2 fully saturated rings. The van der Waals surface area contributed by atoms with Gasteiger partial charge in [0.25, 0.3) is 0 Å². The molecule has 5 rings (SSSR count). The van der Waals surface area contributed by atoms with Crippen molar-refractivity contribution in [3.63, 3.8) is 0 Å². The molecule has 40 heavy (non-hydrogen) atoms. The van der Waals surface area contributed by atoms with Gasteiger partial charge in [-0.2, -0.15) is 0 Å². The van der Waals surface area contributed by atoms with Crippen LogP contribution in [0.15, 0.2) is 91.0 Å². The number of hydrogen-bond donors (Lipinski definition) is 0. The second-order valence-electron chi connectivity index (χ2n) is 9.41. The minimum absolute atomic E-state index is 0.307. The van der Waals surface area contributed by atoms with Crippen LogP contribution in [0, 0.1) is 0 Å². The second-order valence-corrected chi connectivity index (χ2v) is 10.6. The van der Waals surface area contributed by atoms with Gasteiger partial charge in [0, 0.05) is 5.56 Å². The van der Waals surface area contributed by atoms with E-state index in [2.05, 4.69) is 0 Å². The van der Waals surface area contributed by atoms with Crippen molar-refractivity contribution in [3.8, 4) is 0 Å². The lowest BCUT2D eigenvalue weighted by Crippen LogP contribution is -2.63. The standard InChI is InChI=1S/C31H37O8P/c1-3-35-40(36-4-2)39-31-29(33-21-24-16-10-6-11-17-24)28(32-20-23-14-8-5-9-15-23)27-26(37-31)22-34-30(38-27)25-18-12-7-13-19-25/h5-19,26-31H,3-4,20-22H2,1-2H3/t26-,27-,28+,29+,30-,31?/m1/s1. The molecule has 2 aliphatic rings. The van der Waals surface area contributed by atoms with E-state index in [1.165, 1.54) is 0 Å². The van der Waals surface area contributed by atoms with Crippen LogP contribution in [0.4, 0.5) is 0 Å². The molecule has 3 aromatic carbocycles. The molecule has 8 nitrogen and oxygen atoms in total. The minimum Gasteiger partial charge on any atom is -0.368 e. The van der Waals surface area contributed by atoms with Crippen LogP contribution in [-0.4, -0.2) is 50.5 Å². The van der Waals surface area contributed by atoms with Crippen molar-refractivity contribution in [2.75, 3.05) is 19.8 Å². The lowest BCUT2D eigenvalue weighted by atomic mass is 9.97. The molecule has 2 saturated heterocycles. The Morgan fingerprint density at radius 3 is 1.82 bits per heavy atom. The van der Waals surface area contributed by atoms with Crippen LogP contribution in [0.1, 0.15) is 36.8 Å². The van der Waals surface area contributed by atoms with E-state index in [1.807, 2.05) is 105 Å². The SMILES string of the molecule is CCOP(OCC)OC1O[C@@H]2CO[C@@H](c3ccccc3)O[C@H]2[C@H](OCc2ccccc2)[C@@H]1OCc1ccccc1. The summed E-state index contributed by atoms with van der Waals surface area (Å²) in [5.74, 6) is 0. The van der Waals surface area contributed by atoms with Gasteiger partial charge < -0.3 is 32.7 Å². The molecule has 3 aromatic rings. The van der Waals surface area contributed by atoms with Gasteiger partial charge in [-0.15, -0.1) is 0 Å². The van der Waals surface area contributed by atoms with E-state index in [9.17, 15) is 0 Å². The highest BCUT2D eigenvalue weighted by Crippen LogP contribution is 2.45. The third kappa shape index (κ3) is 7.74. The molecule has 0 aromatic heterocycles. The van der Waals surface area contributed by atoms with E-state index in [4.69, 9.17) is 37.3 Å². The van der Waals surface area contributed by atoms with Gasteiger partial charge in [-0.3, -0.25) is 4.52 Å². The van der Waals surface area contributed by atoms with Gasteiger partial charge in [-0.05, 0) is 25.0 Å². The minimum atomic E-state index is -1.66. The van der Waals surface area contributed by atoms with Crippen LogP contribution in [-0.2, 0) is 50.5 Å². The van der Waals surface area contributed by atoms with E-state index in [0.717, 1.165) is 16.7 Å². The smallest absolute Gasteiger partial charge is 0.335 e. The Hall–Kier alpha value is -2.23. The largest absolute Gasteiger partial charge is 0.368 e. The predicted octanol–water partition coefficient (Wildman–Crippen LogP) is 6.31. The fourth-order valence-corrected chi connectivity index (χ4v) is 5.66. The highest BCUT2D eigenvalue weighted by Gasteiger charge is 2.52. The van der Waals surface area contributed by atoms with Gasteiger partial charge >= 0.3 is 8.60 Å². The van der Waals surface area contributed by atoms with Crippen LogP contribution in [0.3, 0.4) is 0 Å². The maximum atomic E-state index is 6.62.